The summed E-state index contributed by atoms with van der Waals surface area (Å²) >= 11 is 17.1. The standard InChI is InChI=1S/C11H7Cl3N4O/c12-8-3-6(1-2-15-8)16-11(19)17-7-4-9(13)18-10(14)5-7/h1-5H,(H2,15,16,17,18,19). The predicted molar refractivity (Wildman–Crippen MR) is 76.1 cm³/mol. The highest BCUT2D eigenvalue weighted by atomic mass is 35.5. The lowest BCUT2D eigenvalue weighted by Crippen LogP contribution is -2.19. The summed E-state index contributed by atoms with van der Waals surface area (Å²) in [5.41, 5.74) is 0.950. The number of nitrogens with zero attached hydrogens (tertiary/aromatic N) is 2. The fourth-order valence-electron chi connectivity index (χ4n) is 1.31. The second-order valence-electron chi connectivity index (χ2n) is 3.45. The molecule has 0 aliphatic heterocycles. The summed E-state index contributed by atoms with van der Waals surface area (Å²) in [5.74, 6) is 0. The van der Waals surface area contributed by atoms with Crippen LogP contribution in [0, 0.1) is 0 Å². The molecule has 2 N–H and O–H groups in total. The van der Waals surface area contributed by atoms with Crippen molar-refractivity contribution < 1.29 is 4.79 Å². The van der Waals surface area contributed by atoms with Crippen molar-refractivity contribution >= 4 is 52.2 Å². The van der Waals surface area contributed by atoms with Crippen molar-refractivity contribution in [3.8, 4) is 0 Å². The zero-order chi connectivity index (χ0) is 13.8. The van der Waals surface area contributed by atoms with Gasteiger partial charge in [-0.3, -0.25) is 0 Å². The first-order valence-electron chi connectivity index (χ1n) is 5.05. The third-order valence-corrected chi connectivity index (χ3v) is 2.60. The predicted octanol–water partition coefficient (Wildman–Crippen LogP) is 4.08. The molecule has 2 heterocycles. The molecule has 0 aliphatic rings. The molecule has 2 aromatic rings. The van der Waals surface area contributed by atoms with E-state index in [9.17, 15) is 4.79 Å². The van der Waals surface area contributed by atoms with Crippen LogP contribution in [0.15, 0.2) is 30.5 Å². The molecule has 0 aromatic carbocycles. The second kappa shape index (κ2) is 6.06. The van der Waals surface area contributed by atoms with Crippen LogP contribution in [0.2, 0.25) is 15.5 Å². The van der Waals surface area contributed by atoms with Crippen LogP contribution in [0.3, 0.4) is 0 Å². The third-order valence-electron chi connectivity index (χ3n) is 2.01. The molecule has 0 aliphatic carbocycles. The highest BCUT2D eigenvalue weighted by Gasteiger charge is 2.05. The smallest absolute Gasteiger partial charge is 0.308 e. The lowest BCUT2D eigenvalue weighted by molar-refractivity contribution is 0.262. The Kier molecular flexibility index (Phi) is 4.42. The molecule has 2 amide bonds. The topological polar surface area (TPSA) is 66.9 Å². The van der Waals surface area contributed by atoms with Crippen molar-refractivity contribution in [1.82, 2.24) is 9.97 Å². The first-order valence-corrected chi connectivity index (χ1v) is 6.19. The minimum atomic E-state index is -0.458. The van der Waals surface area contributed by atoms with Gasteiger partial charge in [-0.15, -0.1) is 0 Å². The molecule has 0 fully saturated rings. The number of anilines is 2. The molecule has 0 saturated heterocycles. The van der Waals surface area contributed by atoms with E-state index in [1.165, 1.54) is 24.4 Å². The van der Waals surface area contributed by atoms with E-state index < -0.39 is 6.03 Å². The minimum absolute atomic E-state index is 0.190. The van der Waals surface area contributed by atoms with Crippen LogP contribution in [0.1, 0.15) is 0 Å². The zero-order valence-corrected chi connectivity index (χ0v) is 11.6. The zero-order valence-electron chi connectivity index (χ0n) is 9.32. The number of carbonyl (C=O) groups excluding carboxylic acids is 1. The van der Waals surface area contributed by atoms with Crippen LogP contribution in [0.4, 0.5) is 16.2 Å². The number of halogens is 3. The van der Waals surface area contributed by atoms with Gasteiger partial charge < -0.3 is 10.6 Å². The summed E-state index contributed by atoms with van der Waals surface area (Å²) in [6, 6.07) is 5.63. The second-order valence-corrected chi connectivity index (χ2v) is 4.61. The number of rotatable bonds is 2. The van der Waals surface area contributed by atoms with Gasteiger partial charge in [-0.25, -0.2) is 14.8 Å². The van der Waals surface area contributed by atoms with E-state index in [0.29, 0.717) is 11.4 Å². The maximum Gasteiger partial charge on any atom is 0.323 e. The van der Waals surface area contributed by atoms with Crippen molar-refractivity contribution in [1.29, 1.82) is 0 Å². The van der Waals surface area contributed by atoms with Crippen LogP contribution in [0.25, 0.3) is 0 Å². The van der Waals surface area contributed by atoms with Crippen LogP contribution >= 0.6 is 34.8 Å². The Morgan fingerprint density at radius 2 is 1.53 bits per heavy atom. The van der Waals surface area contributed by atoms with Gasteiger partial charge in [0, 0.05) is 17.6 Å². The number of aromatic nitrogens is 2. The van der Waals surface area contributed by atoms with E-state index in [2.05, 4.69) is 20.6 Å². The summed E-state index contributed by atoms with van der Waals surface area (Å²) in [6.45, 7) is 0. The SMILES string of the molecule is O=C(Nc1ccnc(Cl)c1)Nc1cc(Cl)nc(Cl)c1. The Hall–Kier alpha value is -1.56. The van der Waals surface area contributed by atoms with E-state index in [0.717, 1.165) is 0 Å². The van der Waals surface area contributed by atoms with E-state index in [1.807, 2.05) is 0 Å². The Morgan fingerprint density at radius 3 is 2.16 bits per heavy atom. The average molecular weight is 318 g/mol. The lowest BCUT2D eigenvalue weighted by atomic mass is 10.4. The third kappa shape index (κ3) is 4.24. The Bertz CT molecular complexity index is 600. The van der Waals surface area contributed by atoms with E-state index in [1.54, 1.807) is 6.07 Å². The van der Waals surface area contributed by atoms with Crippen LogP contribution in [-0.4, -0.2) is 16.0 Å². The number of hydrogen-bond acceptors (Lipinski definition) is 3. The fraction of sp³-hybridized carbons (Fsp3) is 0. The molecule has 2 rings (SSSR count). The molecule has 19 heavy (non-hydrogen) atoms. The summed E-state index contributed by atoms with van der Waals surface area (Å²) in [4.78, 5) is 19.3. The Morgan fingerprint density at radius 1 is 0.947 bits per heavy atom. The van der Waals surface area contributed by atoms with E-state index in [-0.39, 0.29) is 15.5 Å². The number of carbonyl (C=O) groups is 1. The molecule has 0 bridgehead atoms. The summed E-state index contributed by atoms with van der Waals surface area (Å²) in [7, 11) is 0. The van der Waals surface area contributed by atoms with E-state index in [4.69, 9.17) is 34.8 Å². The normalized spacial score (nSPS) is 10.1. The minimum Gasteiger partial charge on any atom is -0.308 e. The summed E-state index contributed by atoms with van der Waals surface area (Å²) < 4.78 is 0. The van der Waals surface area contributed by atoms with Gasteiger partial charge in [-0.05, 0) is 24.3 Å². The molecule has 0 atom stereocenters. The molecular formula is C11H7Cl3N4O. The number of hydrogen-bond donors (Lipinski definition) is 2. The molecule has 0 radical (unpaired) electrons. The number of pyridine rings is 2. The quantitative estimate of drug-likeness (QED) is 0.820. The monoisotopic (exact) mass is 316 g/mol. The van der Waals surface area contributed by atoms with Crippen molar-refractivity contribution in [3.05, 3.63) is 45.9 Å². The van der Waals surface area contributed by atoms with Crippen molar-refractivity contribution in [2.45, 2.75) is 0 Å². The highest BCUT2D eigenvalue weighted by molar-refractivity contribution is 6.33. The molecule has 0 spiro atoms. The number of amides is 2. The number of nitrogens with one attached hydrogen (secondary N) is 2. The average Bonchev–Trinajstić information content (AvgIpc) is 2.26. The Balaban J connectivity index is 2.05. The molecular weight excluding hydrogens is 311 g/mol. The largest absolute Gasteiger partial charge is 0.323 e. The molecule has 0 unspecified atom stereocenters. The molecule has 5 nitrogen and oxygen atoms in total. The van der Waals surface area contributed by atoms with Crippen molar-refractivity contribution in [2.24, 2.45) is 0 Å². The molecule has 2 aromatic heterocycles. The van der Waals surface area contributed by atoms with Crippen molar-refractivity contribution in [2.75, 3.05) is 10.6 Å². The van der Waals surface area contributed by atoms with Crippen LogP contribution < -0.4 is 10.6 Å². The van der Waals surface area contributed by atoms with Crippen LogP contribution in [0.5, 0.6) is 0 Å². The van der Waals surface area contributed by atoms with Gasteiger partial charge in [0.2, 0.25) is 0 Å². The summed E-state index contributed by atoms with van der Waals surface area (Å²) in [5, 5.41) is 5.82. The van der Waals surface area contributed by atoms with E-state index >= 15 is 0 Å². The van der Waals surface area contributed by atoms with Gasteiger partial charge in [0.05, 0.1) is 0 Å². The van der Waals surface area contributed by atoms with Gasteiger partial charge >= 0.3 is 6.03 Å². The fourth-order valence-corrected chi connectivity index (χ4v) is 1.95. The van der Waals surface area contributed by atoms with Gasteiger partial charge in [0.25, 0.3) is 0 Å². The van der Waals surface area contributed by atoms with Gasteiger partial charge in [-0.1, -0.05) is 34.8 Å². The first-order chi connectivity index (χ1) is 9.02. The highest BCUT2D eigenvalue weighted by Crippen LogP contribution is 2.19. The maximum atomic E-state index is 11.7. The van der Waals surface area contributed by atoms with Gasteiger partial charge in [0.1, 0.15) is 15.5 Å². The van der Waals surface area contributed by atoms with Gasteiger partial charge in [0.15, 0.2) is 0 Å². The molecule has 8 heteroatoms. The maximum absolute atomic E-state index is 11.7. The first kappa shape index (κ1) is 13.9. The lowest BCUT2D eigenvalue weighted by Gasteiger charge is -2.08. The molecule has 0 saturated carbocycles. The van der Waals surface area contributed by atoms with Gasteiger partial charge in [-0.2, -0.15) is 0 Å². The summed E-state index contributed by atoms with van der Waals surface area (Å²) in [6.07, 6.45) is 1.48. The Labute approximate surface area is 123 Å². The van der Waals surface area contributed by atoms with Crippen LogP contribution in [-0.2, 0) is 0 Å². The van der Waals surface area contributed by atoms with Crippen molar-refractivity contribution in [3.63, 3.8) is 0 Å². The molecule has 98 valence electrons. The number of urea groups is 1.